The van der Waals surface area contributed by atoms with Crippen LogP contribution >= 0.6 is 0 Å². The van der Waals surface area contributed by atoms with Gasteiger partial charge in [0.2, 0.25) is 5.82 Å². The van der Waals surface area contributed by atoms with Gasteiger partial charge in [-0.15, -0.1) is 5.10 Å². The van der Waals surface area contributed by atoms with E-state index in [1.165, 1.54) is 13.2 Å². The second-order valence-corrected chi connectivity index (χ2v) is 5.34. The van der Waals surface area contributed by atoms with Crippen molar-refractivity contribution in [1.82, 2.24) is 15.0 Å². The third-order valence-corrected chi connectivity index (χ3v) is 4.06. The summed E-state index contributed by atoms with van der Waals surface area (Å²) in [6.45, 7) is 1.13. The lowest BCUT2D eigenvalue weighted by molar-refractivity contribution is -0.386. The quantitative estimate of drug-likeness (QED) is 0.633. The summed E-state index contributed by atoms with van der Waals surface area (Å²) in [7, 11) is 1.40. The topological polar surface area (TPSA) is 86.3 Å². The van der Waals surface area contributed by atoms with Crippen LogP contribution in [0.5, 0.6) is 5.75 Å². The number of ether oxygens (including phenoxy) is 1. The van der Waals surface area contributed by atoms with Gasteiger partial charge in [-0.2, -0.15) is 4.39 Å². The molecular formula is C14H16FN5O3. The second-order valence-electron chi connectivity index (χ2n) is 5.34. The van der Waals surface area contributed by atoms with Crippen LogP contribution in [0.15, 0.2) is 24.5 Å². The average molecular weight is 321 g/mol. The number of nitro benzene ring substituents is 1. The van der Waals surface area contributed by atoms with Gasteiger partial charge < -0.3 is 9.64 Å². The lowest BCUT2D eigenvalue weighted by Crippen LogP contribution is -2.35. The Morgan fingerprint density at radius 1 is 1.39 bits per heavy atom. The Kier molecular flexibility index (Phi) is 4.09. The van der Waals surface area contributed by atoms with E-state index in [1.807, 2.05) is 4.90 Å². The van der Waals surface area contributed by atoms with Gasteiger partial charge in [0.1, 0.15) is 11.4 Å². The predicted molar refractivity (Wildman–Crippen MR) is 80.1 cm³/mol. The van der Waals surface area contributed by atoms with E-state index in [4.69, 9.17) is 4.74 Å². The van der Waals surface area contributed by atoms with E-state index in [9.17, 15) is 14.5 Å². The highest BCUT2D eigenvalue weighted by atomic mass is 19.1. The zero-order chi connectivity index (χ0) is 16.4. The summed E-state index contributed by atoms with van der Waals surface area (Å²) in [5, 5.41) is 19.0. The SMILES string of the molecule is COc1cc(F)c([N+](=O)[O-])c(N2CCC(n3ccnn3)CC2)c1. The Balaban J connectivity index is 1.85. The minimum Gasteiger partial charge on any atom is -0.497 e. The van der Waals surface area contributed by atoms with Crippen molar-refractivity contribution in [1.29, 1.82) is 0 Å². The van der Waals surface area contributed by atoms with E-state index >= 15 is 0 Å². The zero-order valence-electron chi connectivity index (χ0n) is 12.6. The Morgan fingerprint density at radius 2 is 2.13 bits per heavy atom. The summed E-state index contributed by atoms with van der Waals surface area (Å²) >= 11 is 0. The summed E-state index contributed by atoms with van der Waals surface area (Å²) in [6, 6.07) is 2.74. The molecule has 2 heterocycles. The zero-order valence-corrected chi connectivity index (χ0v) is 12.6. The summed E-state index contributed by atoms with van der Waals surface area (Å²) in [5.74, 6) is -0.621. The van der Waals surface area contributed by atoms with Crippen molar-refractivity contribution in [2.24, 2.45) is 0 Å². The van der Waals surface area contributed by atoms with Crippen LogP contribution in [0.1, 0.15) is 18.9 Å². The molecule has 0 saturated carbocycles. The lowest BCUT2D eigenvalue weighted by Gasteiger charge is -2.33. The maximum absolute atomic E-state index is 14.0. The third-order valence-electron chi connectivity index (χ3n) is 4.06. The van der Waals surface area contributed by atoms with Crippen LogP contribution in [0.4, 0.5) is 15.8 Å². The van der Waals surface area contributed by atoms with Crippen LogP contribution in [-0.2, 0) is 0 Å². The highest BCUT2D eigenvalue weighted by molar-refractivity contribution is 5.66. The standard InChI is InChI=1S/C14H16FN5O3/c1-23-11-8-12(15)14(20(21)22)13(9-11)18-5-2-10(3-6-18)19-7-4-16-17-19/h4,7-10H,2-3,5-6H2,1H3. The number of anilines is 1. The van der Waals surface area contributed by atoms with Crippen LogP contribution in [0.2, 0.25) is 0 Å². The maximum Gasteiger partial charge on any atom is 0.328 e. The molecule has 1 aromatic heterocycles. The molecule has 1 aliphatic rings. The first-order valence-electron chi connectivity index (χ1n) is 7.23. The number of methoxy groups -OCH3 is 1. The minimum absolute atomic E-state index is 0.197. The van der Waals surface area contributed by atoms with Gasteiger partial charge in [0.05, 0.1) is 24.3 Å². The van der Waals surface area contributed by atoms with E-state index < -0.39 is 16.4 Å². The number of piperidine rings is 1. The van der Waals surface area contributed by atoms with Crippen molar-refractivity contribution in [2.75, 3.05) is 25.1 Å². The smallest absolute Gasteiger partial charge is 0.328 e. The average Bonchev–Trinajstić information content (AvgIpc) is 3.08. The van der Waals surface area contributed by atoms with Gasteiger partial charge in [-0.05, 0) is 12.8 Å². The first-order chi connectivity index (χ1) is 11.1. The van der Waals surface area contributed by atoms with Gasteiger partial charge >= 0.3 is 5.69 Å². The first-order valence-corrected chi connectivity index (χ1v) is 7.23. The number of hydrogen-bond donors (Lipinski definition) is 0. The number of benzene rings is 1. The van der Waals surface area contributed by atoms with E-state index in [0.717, 1.165) is 18.9 Å². The number of hydrogen-bond acceptors (Lipinski definition) is 6. The molecular weight excluding hydrogens is 305 g/mol. The van der Waals surface area contributed by atoms with Gasteiger partial charge in [-0.1, -0.05) is 5.21 Å². The molecule has 0 bridgehead atoms. The normalized spacial score (nSPS) is 15.7. The lowest BCUT2D eigenvalue weighted by atomic mass is 10.0. The van der Waals surface area contributed by atoms with Crippen LogP contribution < -0.4 is 9.64 Å². The van der Waals surface area contributed by atoms with E-state index in [-0.39, 0.29) is 17.5 Å². The molecule has 0 spiro atoms. The molecule has 2 aromatic rings. The summed E-state index contributed by atoms with van der Waals surface area (Å²) in [4.78, 5) is 12.3. The van der Waals surface area contributed by atoms with Crippen molar-refractivity contribution in [3.05, 3.63) is 40.5 Å². The van der Waals surface area contributed by atoms with Crippen LogP contribution in [0.3, 0.4) is 0 Å². The van der Waals surface area contributed by atoms with Crippen molar-refractivity contribution < 1.29 is 14.1 Å². The molecule has 0 N–H and O–H groups in total. The molecule has 122 valence electrons. The number of nitrogens with zero attached hydrogens (tertiary/aromatic N) is 5. The van der Waals surface area contributed by atoms with Crippen LogP contribution in [-0.4, -0.2) is 40.1 Å². The largest absolute Gasteiger partial charge is 0.497 e. The van der Waals surface area contributed by atoms with E-state index in [0.29, 0.717) is 13.1 Å². The Morgan fingerprint density at radius 3 is 2.70 bits per heavy atom. The van der Waals surface area contributed by atoms with E-state index in [1.54, 1.807) is 17.1 Å². The molecule has 3 rings (SSSR count). The number of aromatic nitrogens is 3. The molecule has 1 aliphatic heterocycles. The summed E-state index contributed by atoms with van der Waals surface area (Å²) in [6.07, 6.45) is 4.92. The molecule has 1 fully saturated rings. The first kappa shape index (κ1) is 15.2. The molecule has 9 heteroatoms. The molecule has 0 aliphatic carbocycles. The van der Waals surface area contributed by atoms with Gasteiger partial charge in [-0.25, -0.2) is 4.68 Å². The molecule has 0 radical (unpaired) electrons. The predicted octanol–water partition coefficient (Wildman–Crippen LogP) is 2.18. The van der Waals surface area contributed by atoms with Gasteiger partial charge in [0, 0.05) is 31.4 Å². The molecule has 23 heavy (non-hydrogen) atoms. The molecule has 8 nitrogen and oxygen atoms in total. The maximum atomic E-state index is 14.0. The Labute approximate surface area is 131 Å². The number of nitro groups is 1. The Hall–Kier alpha value is -2.71. The van der Waals surface area contributed by atoms with Crippen molar-refractivity contribution >= 4 is 11.4 Å². The van der Waals surface area contributed by atoms with Gasteiger partial charge in [0.15, 0.2) is 0 Å². The third kappa shape index (κ3) is 2.94. The highest BCUT2D eigenvalue weighted by Gasteiger charge is 2.29. The fourth-order valence-corrected chi connectivity index (χ4v) is 2.88. The Bertz CT molecular complexity index is 699. The second kappa shape index (κ2) is 6.19. The van der Waals surface area contributed by atoms with Crippen molar-refractivity contribution in [2.45, 2.75) is 18.9 Å². The number of rotatable bonds is 4. The van der Waals surface area contributed by atoms with E-state index in [2.05, 4.69) is 10.3 Å². The van der Waals surface area contributed by atoms with Crippen LogP contribution in [0.25, 0.3) is 0 Å². The highest BCUT2D eigenvalue weighted by Crippen LogP contribution is 2.37. The minimum atomic E-state index is -0.886. The fraction of sp³-hybridized carbons (Fsp3) is 0.429. The molecule has 1 saturated heterocycles. The molecule has 1 aromatic carbocycles. The molecule has 0 amide bonds. The van der Waals surface area contributed by atoms with Crippen molar-refractivity contribution in [3.8, 4) is 5.75 Å². The molecule has 0 unspecified atom stereocenters. The van der Waals surface area contributed by atoms with Crippen molar-refractivity contribution in [3.63, 3.8) is 0 Å². The molecule has 0 atom stereocenters. The summed E-state index contributed by atoms with van der Waals surface area (Å²) < 4.78 is 20.9. The van der Waals surface area contributed by atoms with Gasteiger partial charge in [-0.3, -0.25) is 10.1 Å². The number of halogens is 1. The van der Waals surface area contributed by atoms with Crippen LogP contribution in [0, 0.1) is 15.9 Å². The van der Waals surface area contributed by atoms with Gasteiger partial charge in [0.25, 0.3) is 0 Å². The monoisotopic (exact) mass is 321 g/mol. The fourth-order valence-electron chi connectivity index (χ4n) is 2.88. The summed E-state index contributed by atoms with van der Waals surface area (Å²) in [5.41, 5.74) is -0.256.